The zero-order valence-corrected chi connectivity index (χ0v) is 5.95. The molecule has 1 amide bonds. The van der Waals surface area contributed by atoms with Crippen molar-refractivity contribution in [2.75, 3.05) is 5.43 Å². The quantitative estimate of drug-likeness (QED) is 0.355. The summed E-state index contributed by atoms with van der Waals surface area (Å²) in [6.45, 7) is 0. The van der Waals surface area contributed by atoms with Crippen molar-refractivity contribution in [2.45, 2.75) is 0 Å². The Hall–Kier alpha value is -1.09. The molecule has 0 radical (unpaired) electrons. The average Bonchev–Trinajstić information content (AvgIpc) is 1.91. The SMILES string of the molecule is O=CN[n+]1ccccc1.[Cl-]. The molecule has 0 fully saturated rings. The van der Waals surface area contributed by atoms with Crippen LogP contribution in [0.15, 0.2) is 30.6 Å². The molecule has 4 heteroatoms. The summed E-state index contributed by atoms with van der Waals surface area (Å²) in [5, 5.41) is 0. The molecule has 0 aromatic carbocycles. The number of nitrogens with zero attached hydrogens (tertiary/aromatic N) is 1. The van der Waals surface area contributed by atoms with Crippen LogP contribution in [-0.4, -0.2) is 6.41 Å². The molecule has 1 N–H and O–H groups in total. The minimum atomic E-state index is 0. The van der Waals surface area contributed by atoms with Crippen molar-refractivity contribution in [1.29, 1.82) is 0 Å². The maximum Gasteiger partial charge on any atom is 0.262 e. The van der Waals surface area contributed by atoms with E-state index in [9.17, 15) is 4.79 Å². The second-order valence-corrected chi connectivity index (χ2v) is 1.53. The summed E-state index contributed by atoms with van der Waals surface area (Å²) in [7, 11) is 0. The average molecular weight is 159 g/mol. The van der Waals surface area contributed by atoms with E-state index in [-0.39, 0.29) is 12.4 Å². The van der Waals surface area contributed by atoms with Crippen LogP contribution in [0.25, 0.3) is 0 Å². The van der Waals surface area contributed by atoms with E-state index in [4.69, 9.17) is 0 Å². The van der Waals surface area contributed by atoms with Gasteiger partial charge in [0.1, 0.15) is 0 Å². The zero-order valence-electron chi connectivity index (χ0n) is 5.20. The molecule has 0 unspecified atom stereocenters. The first-order chi connectivity index (χ1) is 4.43. The third-order valence-corrected chi connectivity index (χ3v) is 0.917. The van der Waals surface area contributed by atoms with Gasteiger partial charge in [0.2, 0.25) is 0 Å². The smallest absolute Gasteiger partial charge is 0.262 e. The number of halogens is 1. The lowest BCUT2D eigenvalue weighted by Crippen LogP contribution is -3.00. The van der Waals surface area contributed by atoms with E-state index in [0.29, 0.717) is 6.41 Å². The van der Waals surface area contributed by atoms with Gasteiger partial charge in [-0.2, -0.15) is 0 Å². The summed E-state index contributed by atoms with van der Waals surface area (Å²) < 4.78 is 1.56. The van der Waals surface area contributed by atoms with E-state index in [2.05, 4.69) is 5.43 Å². The van der Waals surface area contributed by atoms with E-state index >= 15 is 0 Å². The summed E-state index contributed by atoms with van der Waals surface area (Å²) in [6, 6.07) is 5.54. The van der Waals surface area contributed by atoms with E-state index in [1.54, 1.807) is 17.1 Å². The van der Waals surface area contributed by atoms with Crippen LogP contribution in [0.3, 0.4) is 0 Å². The van der Waals surface area contributed by atoms with E-state index in [1.807, 2.05) is 18.2 Å². The standard InChI is InChI=1S/C6H6N2O.ClH/c9-6-7-8-4-2-1-3-5-8;/h1-6H;1H. The summed E-state index contributed by atoms with van der Waals surface area (Å²) in [5.41, 5.74) is 2.44. The van der Waals surface area contributed by atoms with E-state index in [1.165, 1.54) is 0 Å². The lowest BCUT2D eigenvalue weighted by molar-refractivity contribution is -0.641. The van der Waals surface area contributed by atoms with Gasteiger partial charge < -0.3 is 12.4 Å². The Labute approximate surface area is 65.1 Å². The van der Waals surface area contributed by atoms with Crippen LogP contribution in [-0.2, 0) is 4.79 Å². The monoisotopic (exact) mass is 158 g/mol. The number of aromatic nitrogens is 1. The largest absolute Gasteiger partial charge is 1.00 e. The van der Waals surface area contributed by atoms with Crippen molar-refractivity contribution in [3.05, 3.63) is 30.6 Å². The Morgan fingerprint density at radius 2 is 1.80 bits per heavy atom. The summed E-state index contributed by atoms with van der Waals surface area (Å²) in [6.07, 6.45) is 4.11. The first-order valence-corrected chi connectivity index (χ1v) is 2.60. The highest BCUT2D eigenvalue weighted by Crippen LogP contribution is 1.72. The predicted molar refractivity (Wildman–Crippen MR) is 32.1 cm³/mol. The first-order valence-electron chi connectivity index (χ1n) is 2.60. The molecular formula is C6H7ClN2O. The van der Waals surface area contributed by atoms with Crippen molar-refractivity contribution >= 4 is 6.41 Å². The van der Waals surface area contributed by atoms with Gasteiger partial charge in [0, 0.05) is 12.1 Å². The molecule has 1 aromatic rings. The Balaban J connectivity index is 0.000000810. The lowest BCUT2D eigenvalue weighted by Gasteiger charge is -1.85. The molecule has 0 atom stereocenters. The molecule has 1 rings (SSSR count). The summed E-state index contributed by atoms with van der Waals surface area (Å²) in [4.78, 5) is 9.84. The predicted octanol–water partition coefficient (Wildman–Crippen LogP) is -3.32. The van der Waals surface area contributed by atoms with Crippen LogP contribution in [0.4, 0.5) is 0 Å². The first kappa shape index (κ1) is 8.91. The number of carbonyl (C=O) groups excluding carboxylic acids is 1. The van der Waals surface area contributed by atoms with E-state index in [0.717, 1.165) is 0 Å². The Kier molecular flexibility index (Phi) is 4.24. The zero-order chi connectivity index (χ0) is 6.53. The fourth-order valence-corrected chi connectivity index (χ4v) is 0.546. The third-order valence-electron chi connectivity index (χ3n) is 0.917. The fraction of sp³-hybridized carbons (Fsp3) is 0. The van der Waals surface area contributed by atoms with Crippen molar-refractivity contribution in [3.63, 3.8) is 0 Å². The van der Waals surface area contributed by atoms with Crippen LogP contribution in [0, 0.1) is 0 Å². The number of hydrogen-bond donors (Lipinski definition) is 1. The highest BCUT2D eigenvalue weighted by Gasteiger charge is 1.89. The lowest BCUT2D eigenvalue weighted by atomic mass is 10.5. The van der Waals surface area contributed by atoms with Crippen molar-refractivity contribution in [1.82, 2.24) is 0 Å². The van der Waals surface area contributed by atoms with Crippen LogP contribution < -0.4 is 22.5 Å². The molecule has 1 heterocycles. The number of pyridine rings is 1. The number of carbonyl (C=O) groups is 1. The van der Waals surface area contributed by atoms with Gasteiger partial charge in [0.05, 0.1) is 0 Å². The van der Waals surface area contributed by atoms with Crippen molar-refractivity contribution in [3.8, 4) is 0 Å². The minimum absolute atomic E-state index is 0. The highest BCUT2D eigenvalue weighted by atomic mass is 35.5. The van der Waals surface area contributed by atoms with Gasteiger partial charge >= 0.3 is 0 Å². The number of nitrogens with one attached hydrogen (secondary N) is 1. The molecule has 10 heavy (non-hydrogen) atoms. The maximum atomic E-state index is 9.84. The molecule has 0 aliphatic heterocycles. The molecule has 0 saturated heterocycles. The minimum Gasteiger partial charge on any atom is -1.00 e. The molecule has 1 aromatic heterocycles. The maximum absolute atomic E-state index is 9.84. The molecule has 0 saturated carbocycles. The van der Waals surface area contributed by atoms with Gasteiger partial charge in [-0.3, -0.25) is 4.79 Å². The molecule has 0 spiro atoms. The highest BCUT2D eigenvalue weighted by molar-refractivity contribution is 5.53. The number of hydrogen-bond acceptors (Lipinski definition) is 1. The van der Waals surface area contributed by atoms with Crippen LogP contribution in [0.5, 0.6) is 0 Å². The summed E-state index contributed by atoms with van der Waals surface area (Å²) >= 11 is 0. The summed E-state index contributed by atoms with van der Waals surface area (Å²) in [5.74, 6) is 0. The van der Waals surface area contributed by atoms with Gasteiger partial charge in [-0.05, 0) is 0 Å². The Morgan fingerprint density at radius 3 is 2.30 bits per heavy atom. The van der Waals surface area contributed by atoms with Gasteiger partial charge in [0.25, 0.3) is 6.41 Å². The van der Waals surface area contributed by atoms with E-state index < -0.39 is 0 Å². The Morgan fingerprint density at radius 1 is 1.20 bits per heavy atom. The van der Waals surface area contributed by atoms with Crippen LogP contribution in [0.2, 0.25) is 0 Å². The third kappa shape index (κ3) is 2.46. The molecule has 0 bridgehead atoms. The van der Waals surface area contributed by atoms with Gasteiger partial charge in [-0.1, -0.05) is 10.7 Å². The topological polar surface area (TPSA) is 33.0 Å². The normalized spacial score (nSPS) is 7.60. The van der Waals surface area contributed by atoms with Gasteiger partial charge in [0.15, 0.2) is 12.4 Å². The van der Waals surface area contributed by atoms with Gasteiger partial charge in [-0.25, -0.2) is 0 Å². The van der Waals surface area contributed by atoms with Gasteiger partial charge in [-0.15, -0.1) is 5.43 Å². The number of amides is 1. The number of rotatable bonds is 2. The molecule has 54 valence electrons. The Bertz CT molecular complexity index is 190. The molecule has 0 aliphatic carbocycles. The second kappa shape index (κ2) is 4.76. The second-order valence-electron chi connectivity index (χ2n) is 1.53. The molecule has 0 aliphatic rings. The van der Waals surface area contributed by atoms with Crippen LogP contribution in [0.1, 0.15) is 0 Å². The van der Waals surface area contributed by atoms with Crippen LogP contribution >= 0.6 is 0 Å². The fourth-order valence-electron chi connectivity index (χ4n) is 0.546. The van der Waals surface area contributed by atoms with Crippen molar-refractivity contribution in [2.24, 2.45) is 0 Å². The molecular weight excluding hydrogens is 152 g/mol. The van der Waals surface area contributed by atoms with Crippen molar-refractivity contribution < 1.29 is 21.9 Å². The molecule has 3 nitrogen and oxygen atoms in total.